The molecule has 2 aromatic heterocycles. The van der Waals surface area contributed by atoms with Crippen molar-refractivity contribution in [1.29, 1.82) is 0 Å². The number of hydrogen-bond acceptors (Lipinski definition) is 3. The SMILES string of the molecule is CNC(=O)COc1ccc2[nH]c(C(=O)NCCc3c(C)[nH]c4c(F)ccc(C)c34)cc2c1. The smallest absolute Gasteiger partial charge is 0.267 e. The largest absolute Gasteiger partial charge is 0.484 e. The molecule has 4 N–H and O–H groups in total. The van der Waals surface area contributed by atoms with E-state index in [4.69, 9.17) is 4.74 Å². The topological polar surface area (TPSA) is 99.0 Å². The van der Waals surface area contributed by atoms with E-state index in [2.05, 4.69) is 20.6 Å². The van der Waals surface area contributed by atoms with Gasteiger partial charge in [-0.1, -0.05) is 6.07 Å². The maximum atomic E-state index is 14.1. The zero-order chi connectivity index (χ0) is 22.8. The van der Waals surface area contributed by atoms with E-state index >= 15 is 0 Å². The lowest BCUT2D eigenvalue weighted by molar-refractivity contribution is -0.122. The normalized spacial score (nSPS) is 11.1. The Morgan fingerprint density at radius 3 is 2.69 bits per heavy atom. The number of aryl methyl sites for hydroxylation is 2. The molecule has 0 bridgehead atoms. The second-order valence-corrected chi connectivity index (χ2v) is 7.74. The van der Waals surface area contributed by atoms with Crippen LogP contribution in [-0.4, -0.2) is 42.0 Å². The van der Waals surface area contributed by atoms with Crippen LogP contribution in [0.2, 0.25) is 0 Å². The number of nitrogens with one attached hydrogen (secondary N) is 4. The molecule has 7 nitrogen and oxygen atoms in total. The van der Waals surface area contributed by atoms with Gasteiger partial charge >= 0.3 is 0 Å². The molecule has 4 aromatic rings. The minimum Gasteiger partial charge on any atom is -0.484 e. The molecular weight excluding hydrogens is 411 g/mol. The van der Waals surface area contributed by atoms with Crippen molar-refractivity contribution in [3.05, 3.63) is 64.7 Å². The molecule has 2 amide bonds. The van der Waals surface area contributed by atoms with E-state index in [0.717, 1.165) is 33.1 Å². The van der Waals surface area contributed by atoms with Gasteiger partial charge in [-0.05, 0) is 61.7 Å². The van der Waals surface area contributed by atoms with Crippen molar-refractivity contribution in [3.8, 4) is 5.75 Å². The number of halogens is 1. The fraction of sp³-hybridized carbons (Fsp3) is 0.250. The highest BCUT2D eigenvalue weighted by molar-refractivity contribution is 5.98. The van der Waals surface area contributed by atoms with Gasteiger partial charge in [-0.15, -0.1) is 0 Å². The Kier molecular flexibility index (Phi) is 5.85. The first-order valence-corrected chi connectivity index (χ1v) is 10.4. The number of benzene rings is 2. The minimum atomic E-state index is -0.277. The molecule has 0 aliphatic carbocycles. The molecule has 32 heavy (non-hydrogen) atoms. The van der Waals surface area contributed by atoms with E-state index in [1.54, 1.807) is 37.4 Å². The molecule has 0 atom stereocenters. The zero-order valence-corrected chi connectivity index (χ0v) is 18.2. The highest BCUT2D eigenvalue weighted by Crippen LogP contribution is 2.28. The Labute approximate surface area is 184 Å². The molecular formula is C24H25FN4O3. The summed E-state index contributed by atoms with van der Waals surface area (Å²) < 4.78 is 19.6. The number of aromatic amines is 2. The van der Waals surface area contributed by atoms with Gasteiger partial charge in [0, 0.05) is 35.6 Å². The maximum Gasteiger partial charge on any atom is 0.267 e. The lowest BCUT2D eigenvalue weighted by Crippen LogP contribution is -2.26. The quantitative estimate of drug-likeness (QED) is 0.357. The van der Waals surface area contributed by atoms with Gasteiger partial charge in [0.15, 0.2) is 6.61 Å². The van der Waals surface area contributed by atoms with Crippen molar-refractivity contribution in [1.82, 2.24) is 20.6 Å². The van der Waals surface area contributed by atoms with Gasteiger partial charge in [0.2, 0.25) is 0 Å². The van der Waals surface area contributed by atoms with Crippen LogP contribution in [0.4, 0.5) is 4.39 Å². The van der Waals surface area contributed by atoms with Crippen LogP contribution in [0.25, 0.3) is 21.8 Å². The van der Waals surface area contributed by atoms with Gasteiger partial charge < -0.3 is 25.3 Å². The van der Waals surface area contributed by atoms with Gasteiger partial charge in [-0.2, -0.15) is 0 Å². The van der Waals surface area contributed by atoms with Crippen LogP contribution in [0.5, 0.6) is 5.75 Å². The first-order chi connectivity index (χ1) is 15.4. The zero-order valence-electron chi connectivity index (χ0n) is 18.2. The van der Waals surface area contributed by atoms with Crippen LogP contribution in [0.3, 0.4) is 0 Å². The van der Waals surface area contributed by atoms with Crippen LogP contribution in [0, 0.1) is 19.7 Å². The average Bonchev–Trinajstić information content (AvgIpc) is 3.36. The molecule has 0 aliphatic heterocycles. The van der Waals surface area contributed by atoms with Crippen LogP contribution >= 0.6 is 0 Å². The van der Waals surface area contributed by atoms with E-state index < -0.39 is 0 Å². The summed E-state index contributed by atoms with van der Waals surface area (Å²) in [5, 5.41) is 7.11. The summed E-state index contributed by atoms with van der Waals surface area (Å²) in [6.07, 6.45) is 0.583. The molecule has 0 unspecified atom stereocenters. The monoisotopic (exact) mass is 436 g/mol. The van der Waals surface area contributed by atoms with Gasteiger partial charge in [-0.25, -0.2) is 4.39 Å². The average molecular weight is 436 g/mol. The summed E-state index contributed by atoms with van der Waals surface area (Å²) in [6, 6.07) is 10.3. The van der Waals surface area contributed by atoms with Crippen molar-refractivity contribution in [3.63, 3.8) is 0 Å². The lowest BCUT2D eigenvalue weighted by atomic mass is 10.0. The first kappa shape index (κ1) is 21.4. The number of fused-ring (bicyclic) bond motifs is 2. The van der Waals surface area contributed by atoms with Crippen LogP contribution < -0.4 is 15.4 Å². The van der Waals surface area contributed by atoms with Crippen molar-refractivity contribution in [2.24, 2.45) is 0 Å². The summed E-state index contributed by atoms with van der Waals surface area (Å²) in [7, 11) is 1.55. The number of H-pyrrole nitrogens is 2. The third-order valence-corrected chi connectivity index (χ3v) is 5.58. The maximum absolute atomic E-state index is 14.1. The third kappa shape index (κ3) is 4.16. The third-order valence-electron chi connectivity index (χ3n) is 5.58. The summed E-state index contributed by atoms with van der Waals surface area (Å²) in [5.74, 6) is -0.178. The first-order valence-electron chi connectivity index (χ1n) is 10.4. The Morgan fingerprint density at radius 2 is 1.91 bits per heavy atom. The molecule has 166 valence electrons. The molecule has 0 saturated heterocycles. The number of carbonyl (C=O) groups excluding carboxylic acids is 2. The predicted molar refractivity (Wildman–Crippen MR) is 122 cm³/mol. The highest BCUT2D eigenvalue weighted by atomic mass is 19.1. The summed E-state index contributed by atoms with van der Waals surface area (Å²) in [5.41, 5.74) is 4.64. The Balaban J connectivity index is 1.43. The lowest BCUT2D eigenvalue weighted by Gasteiger charge is -2.06. The number of amides is 2. The van der Waals surface area contributed by atoms with Crippen molar-refractivity contribution >= 4 is 33.6 Å². The van der Waals surface area contributed by atoms with Crippen molar-refractivity contribution in [2.45, 2.75) is 20.3 Å². The second-order valence-electron chi connectivity index (χ2n) is 7.74. The molecule has 0 spiro atoms. The van der Waals surface area contributed by atoms with Crippen molar-refractivity contribution in [2.75, 3.05) is 20.2 Å². The second kappa shape index (κ2) is 8.74. The van der Waals surface area contributed by atoms with E-state index in [9.17, 15) is 14.0 Å². The van der Waals surface area contributed by atoms with Crippen LogP contribution in [0.1, 0.15) is 27.3 Å². The molecule has 0 fully saturated rings. The molecule has 4 rings (SSSR count). The Hall–Kier alpha value is -3.81. The fourth-order valence-electron chi connectivity index (χ4n) is 3.90. The molecule has 0 saturated carbocycles. The van der Waals surface area contributed by atoms with Gasteiger partial charge in [-0.3, -0.25) is 9.59 Å². The predicted octanol–water partition coefficient (Wildman–Crippen LogP) is 3.50. The van der Waals surface area contributed by atoms with Crippen molar-refractivity contribution < 1.29 is 18.7 Å². The number of likely N-dealkylation sites (N-methyl/N-ethyl adjacent to an activating group) is 1. The number of carbonyl (C=O) groups is 2. The van der Waals surface area contributed by atoms with E-state index in [1.165, 1.54) is 6.07 Å². The van der Waals surface area contributed by atoms with Gasteiger partial charge in [0.05, 0.1) is 5.52 Å². The fourth-order valence-corrected chi connectivity index (χ4v) is 3.90. The van der Waals surface area contributed by atoms with Gasteiger partial charge in [0.25, 0.3) is 11.8 Å². The Bertz CT molecular complexity index is 1320. The standard InChI is InChI=1S/C24H25FN4O3/c1-13-4-6-18(25)23-22(13)17(14(2)28-23)8-9-27-24(31)20-11-15-10-16(5-7-19(15)29-20)32-12-21(30)26-3/h4-7,10-11,28-29H,8-9,12H2,1-3H3,(H,26,30)(H,27,31). The van der Waals surface area contributed by atoms with Crippen LogP contribution in [-0.2, 0) is 11.2 Å². The molecule has 2 aromatic carbocycles. The van der Waals surface area contributed by atoms with E-state index in [-0.39, 0.29) is 24.2 Å². The number of aromatic nitrogens is 2. The molecule has 0 radical (unpaired) electrons. The molecule has 2 heterocycles. The van der Waals surface area contributed by atoms with Crippen LogP contribution in [0.15, 0.2) is 36.4 Å². The molecule has 8 heteroatoms. The number of ether oxygens (including phenoxy) is 1. The van der Waals surface area contributed by atoms with E-state index in [0.29, 0.717) is 29.9 Å². The van der Waals surface area contributed by atoms with Gasteiger partial charge in [0.1, 0.15) is 17.3 Å². The number of rotatable bonds is 7. The minimum absolute atomic E-state index is 0.0730. The Morgan fingerprint density at radius 1 is 1.09 bits per heavy atom. The molecule has 0 aliphatic rings. The summed E-state index contributed by atoms with van der Waals surface area (Å²) >= 11 is 0. The summed E-state index contributed by atoms with van der Waals surface area (Å²) in [4.78, 5) is 30.2. The number of hydrogen-bond donors (Lipinski definition) is 4. The van der Waals surface area contributed by atoms with E-state index in [1.807, 2.05) is 13.8 Å². The highest BCUT2D eigenvalue weighted by Gasteiger charge is 2.15. The summed E-state index contributed by atoms with van der Waals surface area (Å²) in [6.45, 7) is 4.21.